The van der Waals surface area contributed by atoms with Gasteiger partial charge in [-0.15, -0.1) is 0 Å². The van der Waals surface area contributed by atoms with Crippen LogP contribution >= 0.6 is 0 Å². The maximum atomic E-state index is 12.8. The first-order valence-electron chi connectivity index (χ1n) is 29.4. The molecular weight excluding hydrogens is 877 g/mol. The summed E-state index contributed by atoms with van der Waals surface area (Å²) in [7, 11) is 0. The first kappa shape index (κ1) is 67.1. The Bertz CT molecular complexity index is 1460. The Balaban J connectivity index is 4.51. The van der Waals surface area contributed by atoms with Crippen molar-refractivity contribution in [2.45, 2.75) is 271 Å². The third-order valence-corrected chi connectivity index (χ3v) is 12.2. The molecule has 0 aliphatic rings. The molecule has 0 fully saturated rings. The molecule has 0 bridgehead atoms. The predicted octanol–water partition coefficient (Wildman–Crippen LogP) is 19.9. The van der Waals surface area contributed by atoms with Crippen LogP contribution in [0.25, 0.3) is 0 Å². The van der Waals surface area contributed by atoms with E-state index in [1.165, 1.54) is 116 Å². The number of rotatable bonds is 52. The SMILES string of the molecule is CC/C=C\C/C=C\C/C=C\C/C=C\C/C=C\CCCC(=O)O[C@H](COC(=O)CCCCCC/C=C\C/C=C\C/C=C\CCCCC)COC(=O)CCCCCCCCCCC/C=C\CCCCCCCC. The number of hydrogen-bond acceptors (Lipinski definition) is 6. The molecule has 0 saturated heterocycles. The standard InChI is InChI=1S/C65H108O6/c1-4-7-10-13-16-19-22-25-28-31-32-35-37-40-43-46-49-52-55-58-64(67)70-61-62(71-65(68)59-56-53-50-47-44-41-38-34-30-27-24-21-18-15-12-9-6-3)60-69-63(66)57-54-51-48-45-42-39-36-33-29-26-23-20-17-14-11-8-5-2/h9,12,17-18,20-21,25-30,36,38-39,41,47,50,62H,4-8,10-11,13-16,19,22-24,31-35,37,40,42-46,48-49,51-61H2,1-3H3/b12-9-,20-17-,21-18-,28-25-,29-26-,30-27-,39-36-,41-38-,50-47-/t62-/m1/s1. The van der Waals surface area contributed by atoms with E-state index in [1.54, 1.807) is 0 Å². The number of carbonyl (C=O) groups excluding carboxylic acids is 3. The fraction of sp³-hybridized carbons (Fsp3) is 0.677. The Morgan fingerprint density at radius 1 is 0.296 bits per heavy atom. The third-order valence-electron chi connectivity index (χ3n) is 12.2. The van der Waals surface area contributed by atoms with E-state index < -0.39 is 6.10 Å². The smallest absolute Gasteiger partial charge is 0.306 e. The fourth-order valence-electron chi connectivity index (χ4n) is 7.83. The van der Waals surface area contributed by atoms with Gasteiger partial charge in [0, 0.05) is 19.3 Å². The van der Waals surface area contributed by atoms with E-state index in [2.05, 4.69) is 130 Å². The first-order valence-corrected chi connectivity index (χ1v) is 29.4. The van der Waals surface area contributed by atoms with E-state index in [-0.39, 0.29) is 37.5 Å². The highest BCUT2D eigenvalue weighted by Crippen LogP contribution is 2.14. The highest BCUT2D eigenvalue weighted by Gasteiger charge is 2.19. The van der Waals surface area contributed by atoms with Crippen LogP contribution in [-0.4, -0.2) is 37.2 Å². The molecule has 1 atom stereocenters. The van der Waals surface area contributed by atoms with Crippen LogP contribution in [0.3, 0.4) is 0 Å². The summed E-state index contributed by atoms with van der Waals surface area (Å²) in [6.45, 7) is 6.43. The van der Waals surface area contributed by atoms with Gasteiger partial charge in [-0.2, -0.15) is 0 Å². The van der Waals surface area contributed by atoms with E-state index in [0.29, 0.717) is 19.3 Å². The van der Waals surface area contributed by atoms with Gasteiger partial charge in [0.2, 0.25) is 0 Å². The molecule has 404 valence electrons. The van der Waals surface area contributed by atoms with E-state index in [0.717, 1.165) is 103 Å². The van der Waals surface area contributed by atoms with Crippen molar-refractivity contribution in [1.29, 1.82) is 0 Å². The number of esters is 3. The van der Waals surface area contributed by atoms with Gasteiger partial charge >= 0.3 is 17.9 Å². The molecule has 0 saturated carbocycles. The largest absolute Gasteiger partial charge is 0.462 e. The van der Waals surface area contributed by atoms with Gasteiger partial charge in [0.1, 0.15) is 13.2 Å². The zero-order valence-corrected chi connectivity index (χ0v) is 46.2. The summed E-state index contributed by atoms with van der Waals surface area (Å²) in [5.41, 5.74) is 0. The molecule has 0 heterocycles. The number of hydrogen-bond donors (Lipinski definition) is 0. The maximum Gasteiger partial charge on any atom is 0.306 e. The number of carbonyl (C=O) groups is 3. The van der Waals surface area contributed by atoms with Crippen molar-refractivity contribution in [2.75, 3.05) is 13.2 Å². The average Bonchev–Trinajstić information content (AvgIpc) is 3.37. The average molecular weight is 986 g/mol. The minimum Gasteiger partial charge on any atom is -0.462 e. The molecule has 0 aromatic rings. The van der Waals surface area contributed by atoms with Gasteiger partial charge in [0.25, 0.3) is 0 Å². The van der Waals surface area contributed by atoms with E-state index >= 15 is 0 Å². The van der Waals surface area contributed by atoms with Gasteiger partial charge < -0.3 is 14.2 Å². The zero-order chi connectivity index (χ0) is 51.4. The monoisotopic (exact) mass is 985 g/mol. The van der Waals surface area contributed by atoms with Crippen molar-refractivity contribution in [2.24, 2.45) is 0 Å². The molecule has 0 aromatic heterocycles. The molecule has 6 heteroatoms. The molecule has 0 unspecified atom stereocenters. The van der Waals surface area contributed by atoms with Gasteiger partial charge in [0.15, 0.2) is 6.10 Å². The summed E-state index contributed by atoms with van der Waals surface area (Å²) in [5.74, 6) is -0.992. The fourth-order valence-corrected chi connectivity index (χ4v) is 7.83. The second-order valence-electron chi connectivity index (χ2n) is 19.2. The topological polar surface area (TPSA) is 78.9 Å². The Labute approximate surface area is 438 Å². The Morgan fingerprint density at radius 2 is 0.563 bits per heavy atom. The van der Waals surface area contributed by atoms with Crippen molar-refractivity contribution in [3.63, 3.8) is 0 Å². The first-order chi connectivity index (χ1) is 35.0. The van der Waals surface area contributed by atoms with Crippen molar-refractivity contribution >= 4 is 17.9 Å². The molecule has 0 aliphatic carbocycles. The highest BCUT2D eigenvalue weighted by molar-refractivity contribution is 5.71. The predicted molar refractivity (Wildman–Crippen MR) is 307 cm³/mol. The van der Waals surface area contributed by atoms with E-state index in [1.807, 2.05) is 0 Å². The second-order valence-corrected chi connectivity index (χ2v) is 19.2. The molecule has 0 amide bonds. The second kappa shape index (κ2) is 58.6. The van der Waals surface area contributed by atoms with Crippen molar-refractivity contribution < 1.29 is 28.6 Å². The lowest BCUT2D eigenvalue weighted by Gasteiger charge is -2.18. The zero-order valence-electron chi connectivity index (χ0n) is 46.2. The summed E-state index contributed by atoms with van der Waals surface area (Å²) in [5, 5.41) is 0. The van der Waals surface area contributed by atoms with E-state index in [4.69, 9.17) is 14.2 Å². The Kier molecular flexibility index (Phi) is 55.4. The lowest BCUT2D eigenvalue weighted by atomic mass is 10.1. The van der Waals surface area contributed by atoms with Gasteiger partial charge in [-0.05, 0) is 122 Å². The van der Waals surface area contributed by atoms with E-state index in [9.17, 15) is 14.4 Å². The highest BCUT2D eigenvalue weighted by atomic mass is 16.6. The van der Waals surface area contributed by atoms with Crippen LogP contribution in [-0.2, 0) is 28.6 Å². The molecule has 0 aliphatic heterocycles. The summed E-state index contributed by atoms with van der Waals surface area (Å²) in [6.07, 6.45) is 79.4. The number of allylic oxidation sites excluding steroid dienone is 18. The minimum absolute atomic E-state index is 0.110. The molecule has 71 heavy (non-hydrogen) atoms. The number of unbranched alkanes of at least 4 members (excludes halogenated alkanes) is 23. The van der Waals surface area contributed by atoms with Crippen LogP contribution in [0.2, 0.25) is 0 Å². The summed E-state index contributed by atoms with van der Waals surface area (Å²) >= 11 is 0. The van der Waals surface area contributed by atoms with Crippen LogP contribution < -0.4 is 0 Å². The normalized spacial score (nSPS) is 12.9. The maximum absolute atomic E-state index is 12.8. The molecule has 0 N–H and O–H groups in total. The lowest BCUT2D eigenvalue weighted by molar-refractivity contribution is -0.167. The van der Waals surface area contributed by atoms with Crippen LogP contribution in [0.5, 0.6) is 0 Å². The molecule has 0 aromatic carbocycles. The van der Waals surface area contributed by atoms with Gasteiger partial charge in [-0.1, -0.05) is 233 Å². The minimum atomic E-state index is -0.820. The summed E-state index contributed by atoms with van der Waals surface area (Å²) in [4.78, 5) is 38.2. The van der Waals surface area contributed by atoms with Crippen LogP contribution in [0.15, 0.2) is 109 Å². The van der Waals surface area contributed by atoms with Crippen LogP contribution in [0.1, 0.15) is 265 Å². The quantitative estimate of drug-likeness (QED) is 0.0261. The summed E-state index contributed by atoms with van der Waals surface area (Å²) < 4.78 is 16.8. The van der Waals surface area contributed by atoms with Gasteiger partial charge in [0.05, 0.1) is 0 Å². The molecule has 0 spiro atoms. The van der Waals surface area contributed by atoms with Crippen molar-refractivity contribution in [3.05, 3.63) is 109 Å². The van der Waals surface area contributed by atoms with Crippen molar-refractivity contribution in [3.8, 4) is 0 Å². The van der Waals surface area contributed by atoms with Crippen molar-refractivity contribution in [1.82, 2.24) is 0 Å². The van der Waals surface area contributed by atoms with Gasteiger partial charge in [-0.25, -0.2) is 0 Å². The van der Waals surface area contributed by atoms with Crippen LogP contribution in [0.4, 0.5) is 0 Å². The lowest BCUT2D eigenvalue weighted by Crippen LogP contribution is -2.30. The van der Waals surface area contributed by atoms with Gasteiger partial charge in [-0.3, -0.25) is 14.4 Å². The Morgan fingerprint density at radius 3 is 0.944 bits per heavy atom. The molecule has 6 nitrogen and oxygen atoms in total. The van der Waals surface area contributed by atoms with Crippen LogP contribution in [0, 0.1) is 0 Å². The third kappa shape index (κ3) is 56.9. The summed E-state index contributed by atoms with van der Waals surface area (Å²) in [6, 6.07) is 0. The molecule has 0 radical (unpaired) electrons. The molecular formula is C65H108O6. The number of ether oxygens (including phenoxy) is 3. The Hall–Kier alpha value is -3.93. The molecule has 0 rings (SSSR count).